The van der Waals surface area contributed by atoms with Crippen molar-refractivity contribution in [1.82, 2.24) is 15.1 Å². The smallest absolute Gasteiger partial charge is 0.345 e. The molecule has 2 aliphatic rings. The summed E-state index contributed by atoms with van der Waals surface area (Å²) in [5.41, 5.74) is -1.51. The summed E-state index contributed by atoms with van der Waals surface area (Å²) >= 11 is 6.20. The molecule has 4 rings (SSSR count). The zero-order valence-electron chi connectivity index (χ0n) is 21.8. The third kappa shape index (κ3) is 5.76. The van der Waals surface area contributed by atoms with Gasteiger partial charge in [0.15, 0.2) is 0 Å². The van der Waals surface area contributed by atoms with Crippen molar-refractivity contribution in [2.24, 2.45) is 11.3 Å². The van der Waals surface area contributed by atoms with Crippen molar-refractivity contribution in [2.45, 2.75) is 44.8 Å². The lowest BCUT2D eigenvalue weighted by Gasteiger charge is -2.43. The molecular weight excluding hydrogens is 538 g/mol. The number of carbonyl (C=O) groups is 3. The molecule has 210 valence electrons. The van der Waals surface area contributed by atoms with Gasteiger partial charge in [0.2, 0.25) is 11.8 Å². The van der Waals surface area contributed by atoms with Gasteiger partial charge >= 0.3 is 6.18 Å². The van der Waals surface area contributed by atoms with E-state index in [1.807, 2.05) is 6.07 Å². The SMILES string of the molecule is CC(C)[C@@H](NC(=O)c1cc(C(F)(F)F)ccc1F)C(=O)N1CCC2(CC1)CN(C)C(=O)C2c1cccc(Cl)c1. The maximum absolute atomic E-state index is 14.3. The summed E-state index contributed by atoms with van der Waals surface area (Å²) in [5.74, 6) is -3.43. The van der Waals surface area contributed by atoms with Gasteiger partial charge in [-0.1, -0.05) is 37.6 Å². The minimum absolute atomic E-state index is 0.00697. The zero-order chi connectivity index (χ0) is 28.7. The van der Waals surface area contributed by atoms with Gasteiger partial charge < -0.3 is 15.1 Å². The average Bonchev–Trinajstić information content (AvgIpc) is 3.10. The summed E-state index contributed by atoms with van der Waals surface area (Å²) in [6.07, 6.45) is -3.68. The minimum atomic E-state index is -4.75. The van der Waals surface area contributed by atoms with Crippen molar-refractivity contribution in [3.63, 3.8) is 0 Å². The predicted octanol–water partition coefficient (Wildman–Crippen LogP) is 5.12. The van der Waals surface area contributed by atoms with E-state index in [1.54, 1.807) is 48.9 Å². The Morgan fingerprint density at radius 3 is 2.36 bits per heavy atom. The van der Waals surface area contributed by atoms with Crippen molar-refractivity contribution in [3.05, 3.63) is 70.0 Å². The van der Waals surface area contributed by atoms with E-state index < -0.39 is 58.2 Å². The third-order valence-corrected chi connectivity index (χ3v) is 8.03. The molecule has 2 atom stereocenters. The molecule has 0 aromatic heterocycles. The molecule has 0 radical (unpaired) electrons. The van der Waals surface area contributed by atoms with Crippen LogP contribution < -0.4 is 5.32 Å². The van der Waals surface area contributed by atoms with Crippen LogP contribution in [0.4, 0.5) is 17.6 Å². The largest absolute Gasteiger partial charge is 0.416 e. The molecule has 2 aliphatic heterocycles. The normalized spacial score (nSPS) is 20.0. The molecule has 0 bridgehead atoms. The van der Waals surface area contributed by atoms with Crippen LogP contribution in [0.2, 0.25) is 5.02 Å². The summed E-state index contributed by atoms with van der Waals surface area (Å²) < 4.78 is 53.6. The quantitative estimate of drug-likeness (QED) is 0.510. The van der Waals surface area contributed by atoms with Gasteiger partial charge in [-0.25, -0.2) is 4.39 Å². The minimum Gasteiger partial charge on any atom is -0.345 e. The van der Waals surface area contributed by atoms with E-state index in [4.69, 9.17) is 11.6 Å². The molecule has 39 heavy (non-hydrogen) atoms. The number of nitrogens with zero attached hydrogens (tertiary/aromatic N) is 2. The van der Waals surface area contributed by atoms with Crippen LogP contribution in [-0.2, 0) is 15.8 Å². The van der Waals surface area contributed by atoms with Gasteiger partial charge in [0.25, 0.3) is 5.91 Å². The number of piperidine rings is 1. The van der Waals surface area contributed by atoms with E-state index in [2.05, 4.69) is 5.32 Å². The average molecular weight is 568 g/mol. The first-order chi connectivity index (χ1) is 18.2. The molecule has 2 aromatic rings. The van der Waals surface area contributed by atoms with E-state index in [0.29, 0.717) is 55.7 Å². The Balaban J connectivity index is 1.50. The van der Waals surface area contributed by atoms with Crippen LogP contribution in [0.15, 0.2) is 42.5 Å². The Morgan fingerprint density at radius 2 is 1.77 bits per heavy atom. The van der Waals surface area contributed by atoms with Gasteiger partial charge in [0.05, 0.1) is 17.0 Å². The molecular formula is C28H30ClF4N3O3. The van der Waals surface area contributed by atoms with Crippen molar-refractivity contribution in [2.75, 3.05) is 26.7 Å². The first-order valence-electron chi connectivity index (χ1n) is 12.7. The van der Waals surface area contributed by atoms with E-state index in [0.717, 1.165) is 5.56 Å². The monoisotopic (exact) mass is 567 g/mol. The molecule has 1 spiro atoms. The maximum Gasteiger partial charge on any atom is 0.416 e. The number of likely N-dealkylation sites (N-methyl/N-ethyl adjacent to an activating group) is 1. The van der Waals surface area contributed by atoms with Gasteiger partial charge in [-0.05, 0) is 54.7 Å². The number of hydrogen-bond donors (Lipinski definition) is 1. The van der Waals surface area contributed by atoms with Gasteiger partial charge in [0.1, 0.15) is 11.9 Å². The van der Waals surface area contributed by atoms with Crippen molar-refractivity contribution >= 4 is 29.3 Å². The third-order valence-electron chi connectivity index (χ3n) is 7.80. The van der Waals surface area contributed by atoms with Crippen LogP contribution in [0.5, 0.6) is 0 Å². The van der Waals surface area contributed by atoms with E-state index in [1.165, 1.54) is 0 Å². The Kier molecular flexibility index (Phi) is 7.98. The number of nitrogens with one attached hydrogen (secondary N) is 1. The number of rotatable bonds is 5. The number of likely N-dealkylation sites (tertiary alicyclic amines) is 2. The molecule has 2 aromatic carbocycles. The van der Waals surface area contributed by atoms with Crippen LogP contribution in [0.25, 0.3) is 0 Å². The molecule has 0 aliphatic carbocycles. The van der Waals surface area contributed by atoms with Gasteiger partial charge in [-0.15, -0.1) is 0 Å². The second kappa shape index (κ2) is 10.8. The van der Waals surface area contributed by atoms with E-state index >= 15 is 0 Å². The second-order valence-electron chi connectivity index (χ2n) is 10.8. The van der Waals surface area contributed by atoms with Crippen molar-refractivity contribution in [1.29, 1.82) is 0 Å². The maximum atomic E-state index is 14.3. The number of halogens is 5. The first kappa shape index (κ1) is 28.9. The highest BCUT2D eigenvalue weighted by atomic mass is 35.5. The Morgan fingerprint density at radius 1 is 1.10 bits per heavy atom. The first-order valence-corrected chi connectivity index (χ1v) is 13.1. The molecule has 6 nitrogen and oxygen atoms in total. The van der Waals surface area contributed by atoms with Crippen LogP contribution in [0, 0.1) is 17.2 Å². The predicted molar refractivity (Wildman–Crippen MR) is 138 cm³/mol. The molecule has 0 saturated carbocycles. The Labute approximate surface area is 229 Å². The second-order valence-corrected chi connectivity index (χ2v) is 11.2. The highest BCUT2D eigenvalue weighted by molar-refractivity contribution is 6.30. The number of carbonyl (C=O) groups excluding carboxylic acids is 3. The fourth-order valence-electron chi connectivity index (χ4n) is 5.73. The highest BCUT2D eigenvalue weighted by Crippen LogP contribution is 2.50. The summed E-state index contributed by atoms with van der Waals surface area (Å²) in [6.45, 7) is 4.57. The standard InChI is InChI=1S/C28H30ClF4N3O3/c1-16(2)23(34-24(37)20-14-18(28(31,32)33)7-8-21(20)30)26(39)36-11-9-27(10-12-36)15-35(3)25(38)22(27)17-5-4-6-19(29)13-17/h4-8,13-14,16,22-23H,9-12,15H2,1-3H3,(H,34,37)/t22?,23-/m1/s1. The van der Waals surface area contributed by atoms with Gasteiger partial charge in [0, 0.05) is 37.1 Å². The number of hydrogen-bond acceptors (Lipinski definition) is 3. The molecule has 1 unspecified atom stereocenters. The van der Waals surface area contributed by atoms with Crippen LogP contribution in [-0.4, -0.2) is 60.2 Å². The van der Waals surface area contributed by atoms with Crippen LogP contribution in [0.3, 0.4) is 0 Å². The fourth-order valence-corrected chi connectivity index (χ4v) is 5.93. The summed E-state index contributed by atoms with van der Waals surface area (Å²) in [6, 6.07) is 7.74. The fraction of sp³-hybridized carbons (Fsp3) is 0.464. The number of amides is 3. The molecule has 3 amide bonds. The van der Waals surface area contributed by atoms with Gasteiger partial charge in [-0.3, -0.25) is 14.4 Å². The molecule has 11 heteroatoms. The molecule has 2 saturated heterocycles. The molecule has 1 N–H and O–H groups in total. The summed E-state index contributed by atoms with van der Waals surface area (Å²) in [5, 5.41) is 2.98. The lowest BCUT2D eigenvalue weighted by molar-refractivity contribution is -0.138. The van der Waals surface area contributed by atoms with E-state index in [-0.39, 0.29) is 5.91 Å². The van der Waals surface area contributed by atoms with Crippen molar-refractivity contribution in [3.8, 4) is 0 Å². The van der Waals surface area contributed by atoms with Gasteiger partial charge in [-0.2, -0.15) is 13.2 Å². The lowest BCUT2D eigenvalue weighted by Crippen LogP contribution is -2.54. The zero-order valence-corrected chi connectivity index (χ0v) is 22.6. The molecule has 2 heterocycles. The lowest BCUT2D eigenvalue weighted by atomic mass is 9.68. The Bertz CT molecular complexity index is 1270. The topological polar surface area (TPSA) is 69.7 Å². The van der Waals surface area contributed by atoms with E-state index in [9.17, 15) is 31.9 Å². The van der Waals surface area contributed by atoms with Crippen LogP contribution in [0.1, 0.15) is 54.1 Å². The number of alkyl halides is 3. The Hall–Kier alpha value is -3.14. The highest BCUT2D eigenvalue weighted by Gasteiger charge is 2.53. The van der Waals surface area contributed by atoms with Crippen LogP contribution >= 0.6 is 11.6 Å². The molecule has 2 fully saturated rings. The van der Waals surface area contributed by atoms with Crippen molar-refractivity contribution < 1.29 is 31.9 Å². The summed E-state index contributed by atoms with van der Waals surface area (Å²) in [7, 11) is 1.75. The number of benzene rings is 2. The summed E-state index contributed by atoms with van der Waals surface area (Å²) in [4.78, 5) is 42.7.